The van der Waals surface area contributed by atoms with Crippen LogP contribution >= 0.6 is 15.9 Å². The fraction of sp³-hybridized carbons (Fsp3) is 0.231. The Kier molecular flexibility index (Phi) is 5.72. The van der Waals surface area contributed by atoms with E-state index in [1.807, 2.05) is 18.2 Å². The molecule has 1 rings (SSSR count). The van der Waals surface area contributed by atoms with Gasteiger partial charge in [-0.25, -0.2) is 0 Å². The van der Waals surface area contributed by atoms with Crippen molar-refractivity contribution in [3.63, 3.8) is 0 Å². The van der Waals surface area contributed by atoms with Crippen LogP contribution in [0.1, 0.15) is 29.6 Å². The first-order valence-electron chi connectivity index (χ1n) is 5.14. The van der Waals surface area contributed by atoms with Crippen molar-refractivity contribution in [1.29, 1.82) is 0 Å². The van der Waals surface area contributed by atoms with Crippen LogP contribution in [-0.2, 0) is 4.79 Å². The molecule has 84 valence electrons. The largest absolute Gasteiger partial charge is 0.303 e. The molecular formula is C13H13BrO2. The van der Waals surface area contributed by atoms with E-state index < -0.39 is 0 Å². The van der Waals surface area contributed by atoms with E-state index in [0.717, 1.165) is 23.6 Å². The van der Waals surface area contributed by atoms with Crippen LogP contribution in [0.15, 0.2) is 40.9 Å². The molecule has 1 aromatic rings. The predicted octanol–water partition coefficient (Wildman–Crippen LogP) is 3.56. The molecule has 0 heterocycles. The van der Waals surface area contributed by atoms with E-state index >= 15 is 0 Å². The monoisotopic (exact) mass is 280 g/mol. The van der Waals surface area contributed by atoms with Crippen molar-refractivity contribution in [3.8, 4) is 0 Å². The van der Waals surface area contributed by atoms with Crippen LogP contribution in [0.5, 0.6) is 0 Å². The molecular weight excluding hydrogens is 268 g/mol. The number of ketones is 1. The van der Waals surface area contributed by atoms with Crippen molar-refractivity contribution in [2.24, 2.45) is 0 Å². The number of allylic oxidation sites excluding steroid dienone is 2. The molecule has 0 aromatic heterocycles. The highest BCUT2D eigenvalue weighted by Gasteiger charge is 1.99. The van der Waals surface area contributed by atoms with Crippen LogP contribution < -0.4 is 0 Å². The number of carbonyl (C=O) groups excluding carboxylic acids is 2. The molecule has 3 heteroatoms. The van der Waals surface area contributed by atoms with Gasteiger partial charge >= 0.3 is 0 Å². The fourth-order valence-corrected chi connectivity index (χ4v) is 1.48. The predicted molar refractivity (Wildman–Crippen MR) is 67.5 cm³/mol. The van der Waals surface area contributed by atoms with Gasteiger partial charge in [-0.3, -0.25) is 4.79 Å². The number of hydrogen-bond donors (Lipinski definition) is 0. The molecule has 0 aliphatic carbocycles. The van der Waals surface area contributed by atoms with Crippen LogP contribution in [0.25, 0.3) is 0 Å². The van der Waals surface area contributed by atoms with Gasteiger partial charge in [0.25, 0.3) is 0 Å². The van der Waals surface area contributed by atoms with E-state index in [4.69, 9.17) is 0 Å². The summed E-state index contributed by atoms with van der Waals surface area (Å²) >= 11 is 3.31. The normalized spacial score (nSPS) is 10.6. The first-order valence-corrected chi connectivity index (χ1v) is 5.93. The summed E-state index contributed by atoms with van der Waals surface area (Å²) < 4.78 is 0.957. The lowest BCUT2D eigenvalue weighted by Gasteiger charge is -1.95. The summed E-state index contributed by atoms with van der Waals surface area (Å²) in [6.45, 7) is 0. The van der Waals surface area contributed by atoms with E-state index in [2.05, 4.69) is 15.9 Å². The Hall–Kier alpha value is -1.22. The van der Waals surface area contributed by atoms with Gasteiger partial charge in [-0.05, 0) is 43.2 Å². The number of unbranched alkanes of at least 4 members (excludes halogenated alkanes) is 2. The second kappa shape index (κ2) is 7.12. The SMILES string of the molecule is O=CCCC/C=C/C(=O)c1ccc(Br)cc1. The minimum atomic E-state index is -0.00129. The van der Waals surface area contributed by atoms with E-state index in [1.165, 1.54) is 0 Å². The van der Waals surface area contributed by atoms with E-state index in [-0.39, 0.29) is 5.78 Å². The summed E-state index contributed by atoms with van der Waals surface area (Å²) in [7, 11) is 0. The maximum atomic E-state index is 11.6. The summed E-state index contributed by atoms with van der Waals surface area (Å²) in [6.07, 6.45) is 6.39. The van der Waals surface area contributed by atoms with Gasteiger partial charge in [0.05, 0.1) is 0 Å². The standard InChI is InChI=1S/C13H13BrO2/c14-12-8-6-11(7-9-12)13(16)5-3-1-2-4-10-15/h3,5-10H,1-2,4H2/b5-3+. The van der Waals surface area contributed by atoms with E-state index in [0.29, 0.717) is 12.0 Å². The van der Waals surface area contributed by atoms with Crippen LogP contribution in [0.3, 0.4) is 0 Å². The molecule has 0 atom stereocenters. The smallest absolute Gasteiger partial charge is 0.185 e. The lowest BCUT2D eigenvalue weighted by atomic mass is 10.1. The lowest BCUT2D eigenvalue weighted by molar-refractivity contribution is -0.107. The van der Waals surface area contributed by atoms with Gasteiger partial charge in [0.2, 0.25) is 0 Å². The number of halogens is 1. The number of carbonyl (C=O) groups is 2. The average molecular weight is 281 g/mol. The third kappa shape index (κ3) is 4.53. The fourth-order valence-electron chi connectivity index (χ4n) is 1.22. The molecule has 16 heavy (non-hydrogen) atoms. The first-order chi connectivity index (χ1) is 7.74. The maximum absolute atomic E-state index is 11.6. The van der Waals surface area contributed by atoms with Gasteiger partial charge in [0.15, 0.2) is 5.78 Å². The van der Waals surface area contributed by atoms with E-state index in [9.17, 15) is 9.59 Å². The Morgan fingerprint density at radius 3 is 2.50 bits per heavy atom. The molecule has 2 nitrogen and oxygen atoms in total. The number of aldehydes is 1. The van der Waals surface area contributed by atoms with Crippen molar-refractivity contribution in [2.75, 3.05) is 0 Å². The molecule has 0 spiro atoms. The Bertz CT molecular complexity index is 379. The van der Waals surface area contributed by atoms with Gasteiger partial charge in [-0.15, -0.1) is 0 Å². The van der Waals surface area contributed by atoms with E-state index in [1.54, 1.807) is 18.2 Å². The first kappa shape index (κ1) is 12.8. The molecule has 0 radical (unpaired) electrons. The third-order valence-electron chi connectivity index (χ3n) is 2.09. The molecule has 0 bridgehead atoms. The second-order valence-corrected chi connectivity index (χ2v) is 4.29. The van der Waals surface area contributed by atoms with Gasteiger partial charge in [0.1, 0.15) is 6.29 Å². The zero-order valence-corrected chi connectivity index (χ0v) is 10.4. The molecule has 0 aliphatic heterocycles. The highest BCUT2D eigenvalue weighted by molar-refractivity contribution is 9.10. The summed E-state index contributed by atoms with van der Waals surface area (Å²) in [5.74, 6) is -0.00129. The number of rotatable bonds is 6. The Morgan fingerprint density at radius 1 is 1.19 bits per heavy atom. The highest BCUT2D eigenvalue weighted by Crippen LogP contribution is 2.11. The number of hydrogen-bond acceptors (Lipinski definition) is 2. The number of benzene rings is 1. The van der Waals surface area contributed by atoms with Crippen LogP contribution in [0.2, 0.25) is 0 Å². The summed E-state index contributed by atoms with van der Waals surface area (Å²) in [5, 5.41) is 0. The summed E-state index contributed by atoms with van der Waals surface area (Å²) in [5.41, 5.74) is 0.676. The van der Waals surface area contributed by atoms with Gasteiger partial charge in [0, 0.05) is 16.5 Å². The highest BCUT2D eigenvalue weighted by atomic mass is 79.9. The molecule has 1 aromatic carbocycles. The minimum Gasteiger partial charge on any atom is -0.303 e. The molecule has 0 amide bonds. The third-order valence-corrected chi connectivity index (χ3v) is 2.62. The lowest BCUT2D eigenvalue weighted by Crippen LogP contribution is -1.93. The Labute approximate surface area is 103 Å². The molecule has 0 fully saturated rings. The van der Waals surface area contributed by atoms with Crippen LogP contribution in [-0.4, -0.2) is 12.1 Å². The van der Waals surface area contributed by atoms with Crippen LogP contribution in [0, 0.1) is 0 Å². The quantitative estimate of drug-likeness (QED) is 0.346. The zero-order chi connectivity index (χ0) is 11.8. The zero-order valence-electron chi connectivity index (χ0n) is 8.86. The molecule has 0 unspecified atom stereocenters. The van der Waals surface area contributed by atoms with Crippen molar-refractivity contribution in [3.05, 3.63) is 46.5 Å². The summed E-state index contributed by atoms with van der Waals surface area (Å²) in [4.78, 5) is 21.7. The van der Waals surface area contributed by atoms with Crippen LogP contribution in [0.4, 0.5) is 0 Å². The average Bonchev–Trinajstić information content (AvgIpc) is 2.29. The molecule has 0 N–H and O–H groups in total. The minimum absolute atomic E-state index is 0.00129. The maximum Gasteiger partial charge on any atom is 0.185 e. The molecule has 0 saturated carbocycles. The van der Waals surface area contributed by atoms with Crippen molar-refractivity contribution in [1.82, 2.24) is 0 Å². The van der Waals surface area contributed by atoms with Crippen molar-refractivity contribution in [2.45, 2.75) is 19.3 Å². The molecule has 0 saturated heterocycles. The Morgan fingerprint density at radius 2 is 1.88 bits per heavy atom. The topological polar surface area (TPSA) is 34.1 Å². The Balaban J connectivity index is 2.45. The van der Waals surface area contributed by atoms with Gasteiger partial charge < -0.3 is 4.79 Å². The molecule has 0 aliphatic rings. The van der Waals surface area contributed by atoms with Crippen molar-refractivity contribution < 1.29 is 9.59 Å². The second-order valence-electron chi connectivity index (χ2n) is 3.37. The van der Waals surface area contributed by atoms with Crippen molar-refractivity contribution >= 4 is 28.0 Å². The summed E-state index contributed by atoms with van der Waals surface area (Å²) in [6, 6.07) is 7.24. The van der Waals surface area contributed by atoms with Gasteiger partial charge in [-0.1, -0.05) is 22.0 Å². The van der Waals surface area contributed by atoms with Gasteiger partial charge in [-0.2, -0.15) is 0 Å².